The number of carbonyl (C=O) groups excluding carboxylic acids is 3. The normalized spacial score (nSPS) is 12.3. The highest BCUT2D eigenvalue weighted by atomic mass is 16.6. The smallest absolute Gasteiger partial charge is 0.306 e. The van der Waals surface area contributed by atoms with Crippen LogP contribution in [0.3, 0.4) is 0 Å². The Hall–Kier alpha value is -2.63. The number of hydrogen-bond donors (Lipinski definition) is 0. The zero-order chi connectivity index (χ0) is 59.9. The molecule has 0 rings (SSSR count). The summed E-state index contributed by atoms with van der Waals surface area (Å²) in [5.41, 5.74) is 0. The molecule has 0 aromatic heterocycles. The van der Waals surface area contributed by atoms with Crippen molar-refractivity contribution >= 4 is 17.9 Å². The van der Waals surface area contributed by atoms with Gasteiger partial charge in [-0.3, -0.25) is 14.4 Å². The Morgan fingerprint density at radius 1 is 0.241 bits per heavy atom. The van der Waals surface area contributed by atoms with Crippen molar-refractivity contribution in [3.63, 3.8) is 0 Å². The van der Waals surface area contributed by atoms with E-state index >= 15 is 0 Å². The van der Waals surface area contributed by atoms with Crippen LogP contribution in [0.25, 0.3) is 0 Å². The Balaban J connectivity index is 4.27. The zero-order valence-electron chi connectivity index (χ0n) is 56.0. The highest BCUT2D eigenvalue weighted by molar-refractivity contribution is 5.71. The molecule has 0 aliphatic heterocycles. The molecule has 1 unspecified atom stereocenters. The summed E-state index contributed by atoms with van der Waals surface area (Å²) >= 11 is 0. The lowest BCUT2D eigenvalue weighted by atomic mass is 10.0. The molecular formula is C77H142O6. The van der Waals surface area contributed by atoms with Gasteiger partial charge < -0.3 is 14.2 Å². The van der Waals surface area contributed by atoms with Gasteiger partial charge in [-0.1, -0.05) is 352 Å². The number of carbonyl (C=O) groups is 3. The summed E-state index contributed by atoms with van der Waals surface area (Å²) in [6.45, 7) is 6.68. The van der Waals surface area contributed by atoms with E-state index in [2.05, 4.69) is 69.4 Å². The molecule has 486 valence electrons. The minimum absolute atomic E-state index is 0.0707. The van der Waals surface area contributed by atoms with Gasteiger partial charge in [0.15, 0.2) is 6.10 Å². The Kier molecular flexibility index (Phi) is 69.6. The minimum atomic E-state index is -0.776. The van der Waals surface area contributed by atoms with Crippen LogP contribution in [-0.2, 0) is 28.6 Å². The first-order valence-corrected chi connectivity index (χ1v) is 37.1. The second-order valence-electron chi connectivity index (χ2n) is 25.2. The molecule has 6 nitrogen and oxygen atoms in total. The molecule has 6 heteroatoms. The molecular weight excluding hydrogens is 1020 g/mol. The fourth-order valence-corrected chi connectivity index (χ4v) is 11.2. The van der Waals surface area contributed by atoms with Gasteiger partial charge >= 0.3 is 17.9 Å². The van der Waals surface area contributed by atoms with Gasteiger partial charge in [0.2, 0.25) is 0 Å². The fourth-order valence-electron chi connectivity index (χ4n) is 11.2. The molecule has 0 amide bonds. The van der Waals surface area contributed by atoms with Gasteiger partial charge in [0.05, 0.1) is 0 Å². The van der Waals surface area contributed by atoms with Gasteiger partial charge in [0.25, 0.3) is 0 Å². The topological polar surface area (TPSA) is 78.9 Å². The third kappa shape index (κ3) is 70.0. The van der Waals surface area contributed by atoms with Gasteiger partial charge in [-0.2, -0.15) is 0 Å². The lowest BCUT2D eigenvalue weighted by Crippen LogP contribution is -2.30. The van der Waals surface area contributed by atoms with E-state index in [4.69, 9.17) is 14.2 Å². The van der Waals surface area contributed by atoms with Crippen molar-refractivity contribution in [3.05, 3.63) is 48.6 Å². The van der Waals surface area contributed by atoms with Gasteiger partial charge in [0, 0.05) is 19.3 Å². The summed E-state index contributed by atoms with van der Waals surface area (Å²) in [6, 6.07) is 0. The van der Waals surface area contributed by atoms with E-state index in [1.165, 1.54) is 289 Å². The van der Waals surface area contributed by atoms with Gasteiger partial charge in [0.1, 0.15) is 13.2 Å². The summed E-state index contributed by atoms with van der Waals surface area (Å²) < 4.78 is 17.0. The first-order chi connectivity index (χ1) is 41.0. The van der Waals surface area contributed by atoms with Crippen molar-refractivity contribution in [2.75, 3.05) is 13.2 Å². The second kappa shape index (κ2) is 71.8. The van der Waals surface area contributed by atoms with Crippen molar-refractivity contribution in [1.82, 2.24) is 0 Å². The molecule has 0 heterocycles. The maximum absolute atomic E-state index is 13.0. The highest BCUT2D eigenvalue weighted by Gasteiger charge is 2.19. The largest absolute Gasteiger partial charge is 0.462 e. The maximum Gasteiger partial charge on any atom is 0.306 e. The highest BCUT2D eigenvalue weighted by Crippen LogP contribution is 2.19. The number of ether oxygens (including phenoxy) is 3. The van der Waals surface area contributed by atoms with E-state index in [0.717, 1.165) is 77.0 Å². The Labute approximate surface area is 518 Å². The van der Waals surface area contributed by atoms with Crippen LogP contribution < -0.4 is 0 Å². The number of hydrogen-bond acceptors (Lipinski definition) is 6. The molecule has 1 atom stereocenters. The maximum atomic E-state index is 13.0. The van der Waals surface area contributed by atoms with Gasteiger partial charge in [-0.05, 0) is 83.5 Å². The lowest BCUT2D eigenvalue weighted by molar-refractivity contribution is -0.167. The number of allylic oxidation sites excluding steroid dienone is 8. The molecule has 0 aromatic carbocycles. The van der Waals surface area contributed by atoms with Crippen LogP contribution in [0, 0.1) is 0 Å². The third-order valence-electron chi connectivity index (χ3n) is 16.8. The fraction of sp³-hybridized carbons (Fsp3) is 0.857. The molecule has 0 spiro atoms. The van der Waals surface area contributed by atoms with Crippen molar-refractivity contribution in [2.24, 2.45) is 0 Å². The molecule has 0 aliphatic carbocycles. The number of unbranched alkanes of at least 4 members (excludes halogenated alkanes) is 50. The van der Waals surface area contributed by atoms with Crippen LogP contribution in [0.1, 0.15) is 406 Å². The average molecular weight is 1160 g/mol. The predicted molar refractivity (Wildman–Crippen MR) is 362 cm³/mol. The summed E-state index contributed by atoms with van der Waals surface area (Å²) in [5.74, 6) is -0.848. The van der Waals surface area contributed by atoms with Crippen LogP contribution in [0.4, 0.5) is 0 Å². The standard InChI is InChI=1S/C77H142O6/c1-4-7-10-13-16-19-22-25-28-31-33-35-36-37-38-39-40-42-43-46-49-52-55-58-61-64-67-70-76(79)82-73-74(72-81-75(78)69-66-63-60-57-54-51-48-45-30-27-24-21-18-15-12-9-6-3)83-77(80)71-68-65-62-59-56-53-50-47-44-41-34-32-29-26-23-20-17-14-11-8-5-2/h18,21-22,25,27,30-31,33,74H,4-17,19-20,23-24,26,28-29,32,34-73H2,1-3H3/b21-18-,25-22-,30-27-,33-31-. The molecule has 83 heavy (non-hydrogen) atoms. The van der Waals surface area contributed by atoms with Gasteiger partial charge in [-0.15, -0.1) is 0 Å². The van der Waals surface area contributed by atoms with Gasteiger partial charge in [-0.25, -0.2) is 0 Å². The predicted octanol–water partition coefficient (Wildman–Crippen LogP) is 25.7. The first kappa shape index (κ1) is 80.4. The molecule has 0 saturated heterocycles. The average Bonchev–Trinajstić information content (AvgIpc) is 3.50. The van der Waals surface area contributed by atoms with Crippen LogP contribution in [-0.4, -0.2) is 37.2 Å². The van der Waals surface area contributed by atoms with E-state index in [1.54, 1.807) is 0 Å². The molecule has 0 bridgehead atoms. The quantitative estimate of drug-likeness (QED) is 0.0261. The molecule has 0 N–H and O–H groups in total. The van der Waals surface area contributed by atoms with Crippen LogP contribution in [0.15, 0.2) is 48.6 Å². The Bertz CT molecular complexity index is 1430. The summed E-state index contributed by atoms with van der Waals surface area (Å²) in [4.78, 5) is 38.5. The van der Waals surface area contributed by atoms with Crippen LogP contribution in [0.5, 0.6) is 0 Å². The van der Waals surface area contributed by atoms with Crippen molar-refractivity contribution < 1.29 is 28.6 Å². The lowest BCUT2D eigenvalue weighted by Gasteiger charge is -2.18. The molecule has 0 saturated carbocycles. The number of rotatable bonds is 69. The minimum Gasteiger partial charge on any atom is -0.462 e. The van der Waals surface area contributed by atoms with E-state index in [-0.39, 0.29) is 31.1 Å². The summed E-state index contributed by atoms with van der Waals surface area (Å²) in [5, 5.41) is 0. The monoisotopic (exact) mass is 1160 g/mol. The Morgan fingerprint density at radius 3 is 0.687 bits per heavy atom. The molecule has 0 fully saturated rings. The van der Waals surface area contributed by atoms with E-state index in [0.29, 0.717) is 19.3 Å². The van der Waals surface area contributed by atoms with Crippen LogP contribution in [0.2, 0.25) is 0 Å². The Morgan fingerprint density at radius 2 is 0.434 bits per heavy atom. The van der Waals surface area contributed by atoms with E-state index < -0.39 is 6.10 Å². The summed E-state index contributed by atoms with van der Waals surface area (Å²) in [7, 11) is 0. The molecule has 0 aromatic rings. The van der Waals surface area contributed by atoms with Crippen molar-refractivity contribution in [3.8, 4) is 0 Å². The summed E-state index contributed by atoms with van der Waals surface area (Å²) in [6.07, 6.45) is 91.4. The zero-order valence-corrected chi connectivity index (χ0v) is 56.0. The third-order valence-corrected chi connectivity index (χ3v) is 16.8. The second-order valence-corrected chi connectivity index (χ2v) is 25.2. The van der Waals surface area contributed by atoms with E-state index in [1.807, 2.05) is 0 Å². The van der Waals surface area contributed by atoms with E-state index in [9.17, 15) is 14.4 Å². The first-order valence-electron chi connectivity index (χ1n) is 37.1. The van der Waals surface area contributed by atoms with Crippen molar-refractivity contribution in [2.45, 2.75) is 412 Å². The van der Waals surface area contributed by atoms with Crippen LogP contribution >= 0.6 is 0 Å². The number of esters is 3. The van der Waals surface area contributed by atoms with Crippen molar-refractivity contribution in [1.29, 1.82) is 0 Å². The molecule has 0 radical (unpaired) electrons. The SMILES string of the molecule is CCCCC/C=C\C/C=C\CCCCCCCCCC(=O)OCC(COC(=O)CCCCCCCCCCCCCCCCC/C=C\C/C=C\CCCCCCC)OC(=O)CCCCCCCCCCCCCCCCCCCCCCC. The molecule has 0 aliphatic rings.